The van der Waals surface area contributed by atoms with Crippen molar-refractivity contribution in [2.24, 2.45) is 0 Å². The Morgan fingerprint density at radius 1 is 1.35 bits per heavy atom. The van der Waals surface area contributed by atoms with E-state index in [-0.39, 0.29) is 12.1 Å². The number of hydrogen-bond donors (Lipinski definition) is 1. The first kappa shape index (κ1) is 12.2. The van der Waals surface area contributed by atoms with E-state index in [1.807, 2.05) is 26.1 Å². The van der Waals surface area contributed by atoms with E-state index >= 15 is 0 Å². The molecule has 1 heterocycles. The van der Waals surface area contributed by atoms with Crippen LogP contribution in [0.4, 0.5) is 0 Å². The van der Waals surface area contributed by atoms with Gasteiger partial charge >= 0.3 is 0 Å². The fourth-order valence-electron chi connectivity index (χ4n) is 2.42. The summed E-state index contributed by atoms with van der Waals surface area (Å²) in [5.74, 6) is 1.92. The summed E-state index contributed by atoms with van der Waals surface area (Å²) in [6.07, 6.45) is 2.45. The fraction of sp³-hybridized carbons (Fsp3) is 0.571. The van der Waals surface area contributed by atoms with E-state index in [0.29, 0.717) is 6.61 Å². The number of ether oxygens (including phenoxy) is 2. The first-order valence-electron chi connectivity index (χ1n) is 6.40. The Morgan fingerprint density at radius 3 is 2.82 bits per heavy atom. The van der Waals surface area contributed by atoms with Gasteiger partial charge in [0.25, 0.3) is 0 Å². The maximum Gasteiger partial charge on any atom is 0.125 e. The second-order valence-corrected chi connectivity index (χ2v) is 4.34. The molecule has 94 valence electrons. The maximum absolute atomic E-state index is 5.97. The molecule has 1 aromatic rings. The molecule has 0 fully saturated rings. The summed E-state index contributed by atoms with van der Waals surface area (Å²) in [6, 6.07) is 6.37. The Balaban J connectivity index is 2.24. The van der Waals surface area contributed by atoms with Crippen LogP contribution in [0, 0.1) is 0 Å². The molecule has 0 bridgehead atoms. The lowest BCUT2D eigenvalue weighted by Gasteiger charge is -2.17. The summed E-state index contributed by atoms with van der Waals surface area (Å²) in [4.78, 5) is 0. The maximum atomic E-state index is 5.97. The van der Waals surface area contributed by atoms with E-state index < -0.39 is 0 Å². The quantitative estimate of drug-likeness (QED) is 0.851. The molecule has 3 nitrogen and oxygen atoms in total. The van der Waals surface area contributed by atoms with Crippen molar-refractivity contribution in [3.05, 3.63) is 23.8 Å². The summed E-state index contributed by atoms with van der Waals surface area (Å²) >= 11 is 0. The zero-order chi connectivity index (χ0) is 12.3. The Bertz CT molecular complexity index is 378. The van der Waals surface area contributed by atoms with Crippen molar-refractivity contribution in [3.8, 4) is 11.5 Å². The van der Waals surface area contributed by atoms with Gasteiger partial charge < -0.3 is 14.8 Å². The molecule has 3 heteroatoms. The van der Waals surface area contributed by atoms with Gasteiger partial charge in [0.05, 0.1) is 12.6 Å². The number of benzene rings is 1. The average Bonchev–Trinajstić information content (AvgIpc) is 2.67. The van der Waals surface area contributed by atoms with Crippen molar-refractivity contribution < 1.29 is 9.47 Å². The molecule has 0 saturated carbocycles. The van der Waals surface area contributed by atoms with Crippen LogP contribution in [0.25, 0.3) is 0 Å². The van der Waals surface area contributed by atoms with Crippen molar-refractivity contribution >= 4 is 0 Å². The van der Waals surface area contributed by atoms with E-state index in [9.17, 15) is 0 Å². The van der Waals surface area contributed by atoms with Crippen molar-refractivity contribution in [1.82, 2.24) is 5.32 Å². The van der Waals surface area contributed by atoms with E-state index in [2.05, 4.69) is 18.3 Å². The molecule has 0 amide bonds. The second kappa shape index (κ2) is 5.41. The van der Waals surface area contributed by atoms with Gasteiger partial charge in [-0.05, 0) is 38.6 Å². The van der Waals surface area contributed by atoms with Crippen LogP contribution in [0.1, 0.15) is 38.3 Å². The number of nitrogens with one attached hydrogen (secondary N) is 1. The number of rotatable bonds is 5. The Hall–Kier alpha value is -1.22. The normalized spacial score (nSPS) is 22.1. The van der Waals surface area contributed by atoms with Crippen molar-refractivity contribution in [2.45, 2.75) is 38.8 Å². The molecule has 1 aromatic carbocycles. The van der Waals surface area contributed by atoms with Crippen LogP contribution in [0.5, 0.6) is 11.5 Å². The highest BCUT2D eigenvalue weighted by molar-refractivity contribution is 5.45. The molecular formula is C14H21NO2. The second-order valence-electron chi connectivity index (χ2n) is 4.34. The Labute approximate surface area is 103 Å². The minimum atomic E-state index is 0.247. The van der Waals surface area contributed by atoms with Crippen LogP contribution in [-0.4, -0.2) is 19.8 Å². The predicted octanol–water partition coefficient (Wildman–Crippen LogP) is 2.91. The molecule has 2 atom stereocenters. The highest BCUT2D eigenvalue weighted by Crippen LogP contribution is 2.40. The number of hydrogen-bond acceptors (Lipinski definition) is 3. The summed E-state index contributed by atoms with van der Waals surface area (Å²) in [7, 11) is 1.99. The van der Waals surface area contributed by atoms with Gasteiger partial charge in [0, 0.05) is 5.56 Å². The largest absolute Gasteiger partial charge is 0.494 e. The van der Waals surface area contributed by atoms with Gasteiger partial charge in [-0.2, -0.15) is 0 Å². The highest BCUT2D eigenvalue weighted by Gasteiger charge is 2.32. The van der Waals surface area contributed by atoms with Gasteiger partial charge in [-0.1, -0.05) is 13.3 Å². The van der Waals surface area contributed by atoms with E-state index in [1.54, 1.807) is 0 Å². The third-order valence-electron chi connectivity index (χ3n) is 3.16. The van der Waals surface area contributed by atoms with Crippen LogP contribution in [-0.2, 0) is 0 Å². The Kier molecular flexibility index (Phi) is 3.89. The topological polar surface area (TPSA) is 30.5 Å². The van der Waals surface area contributed by atoms with Gasteiger partial charge in [0.15, 0.2) is 0 Å². The molecule has 0 aromatic heterocycles. The molecule has 1 N–H and O–H groups in total. The first-order valence-corrected chi connectivity index (χ1v) is 6.40. The lowest BCUT2D eigenvalue weighted by Crippen LogP contribution is -2.28. The zero-order valence-corrected chi connectivity index (χ0v) is 10.8. The monoisotopic (exact) mass is 235 g/mol. The molecule has 0 spiro atoms. The molecule has 0 radical (unpaired) electrons. The molecule has 2 unspecified atom stereocenters. The zero-order valence-electron chi connectivity index (χ0n) is 10.8. The van der Waals surface area contributed by atoms with Crippen molar-refractivity contribution in [3.63, 3.8) is 0 Å². The van der Waals surface area contributed by atoms with Crippen LogP contribution >= 0.6 is 0 Å². The van der Waals surface area contributed by atoms with Gasteiger partial charge in [0.2, 0.25) is 0 Å². The molecule has 0 saturated heterocycles. The van der Waals surface area contributed by atoms with Crippen LogP contribution < -0.4 is 14.8 Å². The third kappa shape index (κ3) is 2.39. The number of likely N-dealkylation sites (N-methyl/N-ethyl adjacent to an activating group) is 1. The SMILES string of the molecule is CCCC1Oc2ccc(OCC)cc2C1NC. The summed E-state index contributed by atoms with van der Waals surface area (Å²) in [5, 5.41) is 3.34. The smallest absolute Gasteiger partial charge is 0.125 e. The van der Waals surface area contributed by atoms with Crippen molar-refractivity contribution in [2.75, 3.05) is 13.7 Å². The molecule has 1 aliphatic rings. The molecule has 2 rings (SSSR count). The Morgan fingerprint density at radius 2 is 2.18 bits per heavy atom. The van der Waals surface area contributed by atoms with Gasteiger partial charge in [-0.25, -0.2) is 0 Å². The average molecular weight is 235 g/mol. The van der Waals surface area contributed by atoms with Crippen LogP contribution in [0.2, 0.25) is 0 Å². The van der Waals surface area contributed by atoms with E-state index in [0.717, 1.165) is 24.3 Å². The van der Waals surface area contributed by atoms with E-state index in [4.69, 9.17) is 9.47 Å². The van der Waals surface area contributed by atoms with Gasteiger partial charge in [-0.15, -0.1) is 0 Å². The lowest BCUT2D eigenvalue weighted by atomic mass is 10.0. The predicted molar refractivity (Wildman–Crippen MR) is 68.7 cm³/mol. The third-order valence-corrected chi connectivity index (χ3v) is 3.16. The van der Waals surface area contributed by atoms with Crippen LogP contribution in [0.3, 0.4) is 0 Å². The summed E-state index contributed by atoms with van der Waals surface area (Å²) in [6.45, 7) is 4.88. The number of fused-ring (bicyclic) bond motifs is 1. The molecule has 1 aliphatic heterocycles. The van der Waals surface area contributed by atoms with Gasteiger partial charge in [-0.3, -0.25) is 0 Å². The lowest BCUT2D eigenvalue weighted by molar-refractivity contribution is 0.182. The van der Waals surface area contributed by atoms with E-state index in [1.165, 1.54) is 5.56 Å². The molecular weight excluding hydrogens is 214 g/mol. The minimum Gasteiger partial charge on any atom is -0.494 e. The minimum absolute atomic E-state index is 0.247. The van der Waals surface area contributed by atoms with Crippen molar-refractivity contribution in [1.29, 1.82) is 0 Å². The molecule has 0 aliphatic carbocycles. The standard InChI is InChI=1S/C14H21NO2/c1-4-6-13-14(15-3)11-9-10(16-5-2)7-8-12(11)17-13/h7-9,13-15H,4-6H2,1-3H3. The van der Waals surface area contributed by atoms with Gasteiger partial charge in [0.1, 0.15) is 17.6 Å². The fourth-order valence-corrected chi connectivity index (χ4v) is 2.42. The molecule has 17 heavy (non-hydrogen) atoms. The summed E-state index contributed by atoms with van der Waals surface area (Å²) in [5.41, 5.74) is 1.22. The highest BCUT2D eigenvalue weighted by atomic mass is 16.5. The van der Waals surface area contributed by atoms with Crippen LogP contribution in [0.15, 0.2) is 18.2 Å². The first-order chi connectivity index (χ1) is 8.30. The summed E-state index contributed by atoms with van der Waals surface area (Å²) < 4.78 is 11.5.